The number of allylic oxidation sites excluding steroid dienone is 2. The van der Waals surface area contributed by atoms with Crippen molar-refractivity contribution in [1.29, 1.82) is 0 Å². The van der Waals surface area contributed by atoms with E-state index in [0.29, 0.717) is 34.1 Å². The molecule has 1 fully saturated rings. The highest BCUT2D eigenvalue weighted by Gasteiger charge is 2.39. The van der Waals surface area contributed by atoms with Crippen LogP contribution >= 0.6 is 11.6 Å². The molecule has 0 unspecified atom stereocenters. The zero-order valence-corrected chi connectivity index (χ0v) is 18.3. The zero-order chi connectivity index (χ0) is 22.0. The first-order valence-electron chi connectivity index (χ1n) is 10.9. The molecule has 0 spiro atoms. The minimum absolute atomic E-state index is 0.0582. The number of fused-ring (bicyclic) bond motifs is 1. The van der Waals surface area contributed by atoms with Crippen LogP contribution in [-0.2, 0) is 9.53 Å². The van der Waals surface area contributed by atoms with Crippen LogP contribution in [-0.4, -0.2) is 17.5 Å². The van der Waals surface area contributed by atoms with E-state index >= 15 is 0 Å². The topological polar surface area (TPSA) is 60.4 Å². The average molecular weight is 437 g/mol. The number of esters is 1. The number of halogens is 1. The predicted molar refractivity (Wildman–Crippen MR) is 119 cm³/mol. The monoisotopic (exact) mass is 436 g/mol. The van der Waals surface area contributed by atoms with Gasteiger partial charge < -0.3 is 4.74 Å². The lowest BCUT2D eigenvalue weighted by Gasteiger charge is -2.32. The Morgan fingerprint density at radius 3 is 2.10 bits per heavy atom. The van der Waals surface area contributed by atoms with Gasteiger partial charge in [-0.05, 0) is 61.6 Å². The van der Waals surface area contributed by atoms with Crippen LogP contribution in [0.25, 0.3) is 0 Å². The molecule has 2 aromatic carbocycles. The Hall–Kier alpha value is -2.72. The maximum Gasteiger partial charge on any atom is 0.311 e. The summed E-state index contributed by atoms with van der Waals surface area (Å²) in [5, 5.41) is 0.714. The molecular weight excluding hydrogens is 412 g/mol. The molecule has 0 radical (unpaired) electrons. The van der Waals surface area contributed by atoms with Gasteiger partial charge in [0.25, 0.3) is 0 Å². The van der Waals surface area contributed by atoms with E-state index < -0.39 is 5.97 Å². The van der Waals surface area contributed by atoms with Crippen molar-refractivity contribution < 1.29 is 19.1 Å². The summed E-state index contributed by atoms with van der Waals surface area (Å²) in [4.78, 5) is 38.8. The van der Waals surface area contributed by atoms with Crippen molar-refractivity contribution in [2.75, 3.05) is 0 Å². The van der Waals surface area contributed by atoms with Gasteiger partial charge in [-0.25, -0.2) is 0 Å². The van der Waals surface area contributed by atoms with E-state index in [2.05, 4.69) is 12.1 Å². The Morgan fingerprint density at radius 1 is 0.903 bits per heavy atom. The first kappa shape index (κ1) is 21.5. The van der Waals surface area contributed by atoms with Gasteiger partial charge in [0.1, 0.15) is 0 Å². The second-order valence-corrected chi connectivity index (χ2v) is 8.71. The average Bonchev–Trinajstić information content (AvgIpc) is 2.78. The summed E-state index contributed by atoms with van der Waals surface area (Å²) in [6, 6.07) is 14.7. The molecule has 5 heteroatoms. The number of ether oxygens (including phenoxy) is 1. The molecule has 1 saturated carbocycles. The summed E-state index contributed by atoms with van der Waals surface area (Å²) in [7, 11) is 0. The third kappa shape index (κ3) is 4.35. The molecule has 2 aliphatic carbocycles. The smallest absolute Gasteiger partial charge is 0.311 e. The summed E-state index contributed by atoms with van der Waals surface area (Å²) in [5.74, 6) is -0.791. The standard InChI is InChI=1S/C26H25ClO4/c1-2-5-22(28)31-26-23(24(29)20-6-3-4-7-21(20)25(26)30)18-10-8-16(9-11-18)17-12-14-19(27)15-13-17/h3-4,6-7,12-16,18H,2,5,8-11H2,1H3. The highest BCUT2D eigenvalue weighted by atomic mass is 35.5. The van der Waals surface area contributed by atoms with E-state index in [4.69, 9.17) is 16.3 Å². The van der Waals surface area contributed by atoms with Crippen molar-refractivity contribution in [2.45, 2.75) is 51.4 Å². The zero-order valence-electron chi connectivity index (χ0n) is 17.5. The van der Waals surface area contributed by atoms with Gasteiger partial charge in [0.05, 0.1) is 5.57 Å². The highest BCUT2D eigenvalue weighted by molar-refractivity contribution is 6.30. The number of carbonyl (C=O) groups is 3. The molecular formula is C26H25ClO4. The van der Waals surface area contributed by atoms with E-state index in [9.17, 15) is 14.4 Å². The highest BCUT2D eigenvalue weighted by Crippen LogP contribution is 2.42. The number of hydrogen-bond donors (Lipinski definition) is 0. The molecule has 0 N–H and O–H groups in total. The maximum atomic E-state index is 13.4. The SMILES string of the molecule is CCCC(=O)OC1=C(C2CCC(c3ccc(Cl)cc3)CC2)C(=O)c2ccccc2C1=O. The van der Waals surface area contributed by atoms with Crippen LogP contribution < -0.4 is 0 Å². The predicted octanol–water partition coefficient (Wildman–Crippen LogP) is 6.29. The molecule has 0 atom stereocenters. The molecule has 4 rings (SSSR count). The first-order chi connectivity index (χ1) is 15.0. The number of ketones is 2. The van der Waals surface area contributed by atoms with Gasteiger partial charge >= 0.3 is 5.97 Å². The molecule has 0 aromatic heterocycles. The molecule has 0 heterocycles. The van der Waals surface area contributed by atoms with Gasteiger partial charge in [-0.3, -0.25) is 14.4 Å². The van der Waals surface area contributed by atoms with Gasteiger partial charge in [-0.15, -0.1) is 0 Å². The van der Waals surface area contributed by atoms with E-state index in [1.54, 1.807) is 24.3 Å². The second-order valence-electron chi connectivity index (χ2n) is 8.27. The fourth-order valence-electron chi connectivity index (χ4n) is 4.66. The van der Waals surface area contributed by atoms with Crippen LogP contribution in [0.1, 0.15) is 77.6 Å². The Labute approximate surface area is 187 Å². The largest absolute Gasteiger partial charge is 0.422 e. The van der Waals surface area contributed by atoms with Gasteiger partial charge in [0.15, 0.2) is 11.5 Å². The summed E-state index contributed by atoms with van der Waals surface area (Å²) >= 11 is 6.01. The lowest BCUT2D eigenvalue weighted by Crippen LogP contribution is -2.30. The van der Waals surface area contributed by atoms with Crippen molar-refractivity contribution in [2.24, 2.45) is 5.92 Å². The number of benzene rings is 2. The van der Waals surface area contributed by atoms with Crippen LogP contribution in [0.4, 0.5) is 0 Å². The van der Waals surface area contributed by atoms with Crippen molar-refractivity contribution in [3.05, 3.63) is 81.6 Å². The van der Waals surface area contributed by atoms with E-state index in [0.717, 1.165) is 25.7 Å². The summed E-state index contributed by atoms with van der Waals surface area (Å²) in [6.45, 7) is 1.87. The molecule has 0 saturated heterocycles. The number of Topliss-reactive ketones (excluding diaryl/α,β-unsaturated/α-hetero) is 2. The third-order valence-electron chi connectivity index (χ3n) is 6.26. The summed E-state index contributed by atoms with van der Waals surface area (Å²) in [5.41, 5.74) is 2.33. The fraction of sp³-hybridized carbons (Fsp3) is 0.346. The molecule has 0 aliphatic heterocycles. The van der Waals surface area contributed by atoms with E-state index in [-0.39, 0.29) is 29.7 Å². The Balaban J connectivity index is 1.63. The van der Waals surface area contributed by atoms with Crippen LogP contribution in [0, 0.1) is 5.92 Å². The van der Waals surface area contributed by atoms with Crippen LogP contribution in [0.3, 0.4) is 0 Å². The summed E-state index contributed by atoms with van der Waals surface area (Å²) < 4.78 is 5.52. The molecule has 2 aromatic rings. The maximum absolute atomic E-state index is 13.4. The van der Waals surface area contributed by atoms with Crippen LogP contribution in [0.5, 0.6) is 0 Å². The van der Waals surface area contributed by atoms with Gasteiger partial charge in [-0.2, -0.15) is 0 Å². The molecule has 31 heavy (non-hydrogen) atoms. The number of hydrogen-bond acceptors (Lipinski definition) is 4. The number of carbonyl (C=O) groups excluding carboxylic acids is 3. The van der Waals surface area contributed by atoms with E-state index in [1.807, 2.05) is 19.1 Å². The van der Waals surface area contributed by atoms with Gasteiger partial charge in [0.2, 0.25) is 5.78 Å². The molecule has 4 nitrogen and oxygen atoms in total. The van der Waals surface area contributed by atoms with Crippen LogP contribution in [0.2, 0.25) is 5.02 Å². The van der Waals surface area contributed by atoms with Gasteiger partial charge in [0, 0.05) is 22.6 Å². The lowest BCUT2D eigenvalue weighted by molar-refractivity contribution is -0.139. The minimum Gasteiger partial charge on any atom is -0.422 e. The summed E-state index contributed by atoms with van der Waals surface area (Å²) in [6.07, 6.45) is 4.15. The fourth-order valence-corrected chi connectivity index (χ4v) is 4.79. The van der Waals surface area contributed by atoms with E-state index in [1.165, 1.54) is 5.56 Å². The minimum atomic E-state index is -0.467. The van der Waals surface area contributed by atoms with Gasteiger partial charge in [-0.1, -0.05) is 54.9 Å². The van der Waals surface area contributed by atoms with Crippen molar-refractivity contribution in [1.82, 2.24) is 0 Å². The van der Waals surface area contributed by atoms with Crippen molar-refractivity contribution >= 4 is 29.1 Å². The van der Waals surface area contributed by atoms with Crippen molar-refractivity contribution in [3.63, 3.8) is 0 Å². The van der Waals surface area contributed by atoms with Crippen LogP contribution in [0.15, 0.2) is 59.9 Å². The Kier molecular flexibility index (Phi) is 6.38. The molecule has 2 aliphatic rings. The lowest BCUT2D eigenvalue weighted by atomic mass is 9.72. The Morgan fingerprint density at radius 2 is 1.48 bits per heavy atom. The third-order valence-corrected chi connectivity index (χ3v) is 6.51. The number of rotatable bonds is 5. The second kappa shape index (κ2) is 9.19. The Bertz CT molecular complexity index is 1040. The quantitative estimate of drug-likeness (QED) is 0.516. The van der Waals surface area contributed by atoms with Crippen molar-refractivity contribution in [3.8, 4) is 0 Å². The molecule has 0 bridgehead atoms. The first-order valence-corrected chi connectivity index (χ1v) is 11.3. The molecule has 160 valence electrons. The molecule has 0 amide bonds. The normalized spacial score (nSPS) is 21.1.